The van der Waals surface area contributed by atoms with Crippen LogP contribution in [-0.4, -0.2) is 32.1 Å². The van der Waals surface area contributed by atoms with Crippen molar-refractivity contribution in [1.29, 1.82) is 0 Å². The molecule has 0 bridgehead atoms. The maximum atomic E-state index is 12.6. The summed E-state index contributed by atoms with van der Waals surface area (Å²) in [4.78, 5) is 12.5. The quantitative estimate of drug-likeness (QED) is 0.667. The van der Waals surface area contributed by atoms with Gasteiger partial charge in [-0.2, -0.15) is 19.0 Å². The van der Waals surface area contributed by atoms with E-state index in [1.54, 1.807) is 36.9 Å². The molecule has 0 saturated carbocycles. The fraction of sp³-hybridized carbons (Fsp3) is 0.278. The zero-order chi connectivity index (χ0) is 20.4. The number of hydrogen-bond acceptors (Lipinski definition) is 4. The summed E-state index contributed by atoms with van der Waals surface area (Å²) < 4.78 is 32.8. The van der Waals surface area contributed by atoms with E-state index in [0.29, 0.717) is 10.7 Å². The van der Waals surface area contributed by atoms with Crippen LogP contribution in [0.4, 0.5) is 14.5 Å². The number of aryl methyl sites for hydroxylation is 2. The molecule has 1 aromatic carbocycles. The van der Waals surface area contributed by atoms with Gasteiger partial charge in [-0.3, -0.25) is 9.48 Å². The summed E-state index contributed by atoms with van der Waals surface area (Å²) in [6, 6.07) is 6.06. The number of benzene rings is 1. The van der Waals surface area contributed by atoms with E-state index in [4.69, 9.17) is 11.6 Å². The number of carbonyl (C=O) groups is 1. The van der Waals surface area contributed by atoms with Crippen molar-refractivity contribution in [2.75, 3.05) is 5.32 Å². The zero-order valence-corrected chi connectivity index (χ0v) is 16.2. The van der Waals surface area contributed by atoms with E-state index in [1.807, 2.05) is 6.92 Å². The molecule has 0 spiro atoms. The lowest BCUT2D eigenvalue weighted by molar-refractivity contribution is -0.0493. The number of hydrogen-bond donors (Lipinski definition) is 1. The van der Waals surface area contributed by atoms with Crippen LogP contribution >= 0.6 is 11.6 Å². The molecular weight excluding hydrogens is 392 g/mol. The Morgan fingerprint density at radius 3 is 2.64 bits per heavy atom. The van der Waals surface area contributed by atoms with Crippen LogP contribution in [0.15, 0.2) is 30.5 Å². The lowest BCUT2D eigenvalue weighted by Crippen LogP contribution is -2.16. The predicted molar refractivity (Wildman–Crippen MR) is 100 cm³/mol. The van der Waals surface area contributed by atoms with Crippen molar-refractivity contribution in [3.63, 3.8) is 0 Å². The Balaban J connectivity index is 1.76. The van der Waals surface area contributed by atoms with Gasteiger partial charge in [0.2, 0.25) is 0 Å². The maximum Gasteiger partial charge on any atom is 0.387 e. The monoisotopic (exact) mass is 409 g/mol. The van der Waals surface area contributed by atoms with Gasteiger partial charge in [0.15, 0.2) is 5.69 Å². The average Bonchev–Trinajstić information content (AvgIpc) is 3.18. The zero-order valence-electron chi connectivity index (χ0n) is 15.4. The van der Waals surface area contributed by atoms with E-state index < -0.39 is 12.5 Å². The largest absolute Gasteiger partial charge is 0.433 e. The molecule has 10 heteroatoms. The molecule has 1 N–H and O–H groups in total. The number of nitrogens with one attached hydrogen (secondary N) is 1. The SMILES string of the molecule is Cc1ccc(OC(F)F)c(NC(=O)c2ccn(Cn3nc(C)c(Cl)c3C)n2)c1. The second-order valence-corrected chi connectivity index (χ2v) is 6.58. The van der Waals surface area contributed by atoms with Gasteiger partial charge >= 0.3 is 6.61 Å². The average molecular weight is 410 g/mol. The Labute approximate surface area is 164 Å². The molecule has 0 aliphatic heterocycles. The summed E-state index contributed by atoms with van der Waals surface area (Å²) in [5, 5.41) is 11.7. The number of halogens is 3. The molecule has 2 heterocycles. The van der Waals surface area contributed by atoms with Crippen LogP contribution in [0, 0.1) is 20.8 Å². The summed E-state index contributed by atoms with van der Waals surface area (Å²) in [6.45, 7) is 2.69. The summed E-state index contributed by atoms with van der Waals surface area (Å²) in [5.41, 5.74) is 2.54. The van der Waals surface area contributed by atoms with Crippen molar-refractivity contribution in [2.45, 2.75) is 34.1 Å². The third-order valence-corrected chi connectivity index (χ3v) is 4.59. The second kappa shape index (κ2) is 7.97. The minimum absolute atomic E-state index is 0.120. The number of carbonyl (C=O) groups excluding carboxylic acids is 1. The van der Waals surface area contributed by atoms with E-state index in [9.17, 15) is 13.6 Å². The summed E-state index contributed by atoms with van der Waals surface area (Å²) in [5.74, 6) is -0.666. The molecule has 0 unspecified atom stereocenters. The van der Waals surface area contributed by atoms with E-state index >= 15 is 0 Å². The highest BCUT2D eigenvalue weighted by molar-refractivity contribution is 6.31. The molecule has 1 amide bonds. The number of nitrogens with zero attached hydrogens (tertiary/aromatic N) is 4. The third-order valence-electron chi connectivity index (χ3n) is 4.04. The van der Waals surface area contributed by atoms with Crippen molar-refractivity contribution >= 4 is 23.2 Å². The van der Waals surface area contributed by atoms with Gasteiger partial charge in [0.05, 0.1) is 22.1 Å². The van der Waals surface area contributed by atoms with Gasteiger partial charge in [0.1, 0.15) is 12.4 Å². The van der Waals surface area contributed by atoms with Crippen molar-refractivity contribution in [2.24, 2.45) is 0 Å². The molecule has 0 atom stereocenters. The van der Waals surface area contributed by atoms with Crippen LogP contribution in [0.3, 0.4) is 0 Å². The maximum absolute atomic E-state index is 12.6. The summed E-state index contributed by atoms with van der Waals surface area (Å²) >= 11 is 6.13. The molecule has 0 radical (unpaired) electrons. The first-order chi connectivity index (χ1) is 13.2. The highest BCUT2D eigenvalue weighted by atomic mass is 35.5. The first-order valence-electron chi connectivity index (χ1n) is 8.34. The van der Waals surface area contributed by atoms with Gasteiger partial charge in [0, 0.05) is 6.20 Å². The number of amides is 1. The smallest absolute Gasteiger partial charge is 0.387 e. The molecule has 0 saturated heterocycles. The fourth-order valence-electron chi connectivity index (χ4n) is 2.64. The van der Waals surface area contributed by atoms with Crippen LogP contribution in [0.2, 0.25) is 5.02 Å². The van der Waals surface area contributed by atoms with E-state index in [2.05, 4.69) is 20.3 Å². The number of anilines is 1. The fourth-order valence-corrected chi connectivity index (χ4v) is 2.77. The Morgan fingerprint density at radius 2 is 2.00 bits per heavy atom. The van der Waals surface area contributed by atoms with E-state index in [1.165, 1.54) is 16.8 Å². The Morgan fingerprint density at radius 1 is 1.25 bits per heavy atom. The standard InChI is InChI=1S/C18H18ClF2N5O2/c1-10-4-5-15(28-18(20)21)14(8-10)22-17(27)13-6-7-25(24-13)9-26-12(3)16(19)11(2)23-26/h4-8,18H,9H2,1-3H3,(H,22,27). The molecule has 2 aromatic heterocycles. The second-order valence-electron chi connectivity index (χ2n) is 6.20. The third kappa shape index (κ3) is 4.30. The van der Waals surface area contributed by atoms with E-state index in [0.717, 1.165) is 11.3 Å². The topological polar surface area (TPSA) is 74.0 Å². The normalized spacial score (nSPS) is 11.1. The predicted octanol–water partition coefficient (Wildman–Crippen LogP) is 4.02. The van der Waals surface area contributed by atoms with Crippen LogP contribution in [-0.2, 0) is 6.67 Å². The van der Waals surface area contributed by atoms with Gasteiger partial charge in [-0.1, -0.05) is 17.7 Å². The highest BCUT2D eigenvalue weighted by Crippen LogP contribution is 2.27. The van der Waals surface area contributed by atoms with Gasteiger partial charge in [-0.15, -0.1) is 0 Å². The number of ether oxygens (including phenoxy) is 1. The Hall–Kier alpha value is -2.94. The number of alkyl halides is 2. The molecule has 28 heavy (non-hydrogen) atoms. The number of rotatable bonds is 6. The molecule has 0 aliphatic rings. The van der Waals surface area contributed by atoms with Crippen molar-refractivity contribution in [3.05, 3.63) is 58.1 Å². The minimum atomic E-state index is -3.00. The Kier molecular flexibility index (Phi) is 5.64. The van der Waals surface area contributed by atoms with Gasteiger partial charge in [-0.05, 0) is 44.5 Å². The van der Waals surface area contributed by atoms with Crippen LogP contribution in [0.1, 0.15) is 27.4 Å². The molecule has 3 rings (SSSR count). The van der Waals surface area contributed by atoms with Crippen molar-refractivity contribution in [1.82, 2.24) is 19.6 Å². The summed E-state index contributed by atoms with van der Waals surface area (Å²) in [6.07, 6.45) is 1.62. The lowest BCUT2D eigenvalue weighted by atomic mass is 10.2. The molecule has 3 aromatic rings. The highest BCUT2D eigenvalue weighted by Gasteiger charge is 2.16. The van der Waals surface area contributed by atoms with Crippen molar-refractivity contribution in [3.8, 4) is 5.75 Å². The lowest BCUT2D eigenvalue weighted by Gasteiger charge is -2.12. The molecule has 7 nitrogen and oxygen atoms in total. The van der Waals surface area contributed by atoms with Gasteiger partial charge in [-0.25, -0.2) is 4.68 Å². The van der Waals surface area contributed by atoms with Gasteiger partial charge < -0.3 is 10.1 Å². The van der Waals surface area contributed by atoms with Crippen LogP contribution in [0.25, 0.3) is 0 Å². The van der Waals surface area contributed by atoms with E-state index in [-0.39, 0.29) is 23.8 Å². The van der Waals surface area contributed by atoms with Crippen LogP contribution < -0.4 is 10.1 Å². The van der Waals surface area contributed by atoms with Gasteiger partial charge in [0.25, 0.3) is 5.91 Å². The molecule has 0 aliphatic carbocycles. The number of aromatic nitrogens is 4. The molecule has 0 fully saturated rings. The first-order valence-corrected chi connectivity index (χ1v) is 8.72. The summed E-state index contributed by atoms with van der Waals surface area (Å²) in [7, 11) is 0. The first kappa shape index (κ1) is 19.8. The minimum Gasteiger partial charge on any atom is -0.433 e. The molecular formula is C18H18ClF2N5O2. The van der Waals surface area contributed by atoms with Crippen molar-refractivity contribution < 1.29 is 18.3 Å². The Bertz CT molecular complexity index is 1020. The van der Waals surface area contributed by atoms with Crippen LogP contribution in [0.5, 0.6) is 5.75 Å². The molecule has 148 valence electrons.